The van der Waals surface area contributed by atoms with Crippen molar-refractivity contribution in [3.05, 3.63) is 100 Å². The normalized spacial score (nSPS) is 13.0. The summed E-state index contributed by atoms with van der Waals surface area (Å²) in [7, 11) is 0. The standard InChI is InChI=1S/C32H38BrN5O4/c1-20(2)15-27(31(41)36-21(3)29(39)35-19-23-11-7-13-25(33)16-23)38-32(42)28(17-22-9-5-4-6-10-22)37-30(40)24-12-8-14-26(34)18-24/h4-14,16,18,20-21,27-28H,15,17,19,34H2,1-3H3,(H,35,39)(H,36,41)(H,37,40)(H,38,42)/t21-,27-,28-/m0/s1. The maximum absolute atomic E-state index is 13.6. The fraction of sp³-hybridized carbons (Fsp3) is 0.312. The highest BCUT2D eigenvalue weighted by molar-refractivity contribution is 9.10. The van der Waals surface area contributed by atoms with E-state index in [1.165, 1.54) is 6.07 Å². The molecule has 0 spiro atoms. The van der Waals surface area contributed by atoms with Crippen molar-refractivity contribution in [1.82, 2.24) is 21.3 Å². The highest BCUT2D eigenvalue weighted by Gasteiger charge is 2.29. The monoisotopic (exact) mass is 635 g/mol. The molecule has 3 atom stereocenters. The summed E-state index contributed by atoms with van der Waals surface area (Å²) in [5, 5.41) is 11.2. The number of nitrogen functional groups attached to an aromatic ring is 1. The molecule has 42 heavy (non-hydrogen) atoms. The largest absolute Gasteiger partial charge is 0.399 e. The van der Waals surface area contributed by atoms with Gasteiger partial charge >= 0.3 is 0 Å². The van der Waals surface area contributed by atoms with Crippen molar-refractivity contribution in [3.63, 3.8) is 0 Å². The van der Waals surface area contributed by atoms with Crippen LogP contribution >= 0.6 is 15.9 Å². The van der Waals surface area contributed by atoms with Gasteiger partial charge in [-0.2, -0.15) is 0 Å². The molecule has 222 valence electrons. The van der Waals surface area contributed by atoms with Crippen LogP contribution in [0.4, 0.5) is 5.69 Å². The Morgan fingerprint density at radius 3 is 2.07 bits per heavy atom. The number of halogens is 1. The van der Waals surface area contributed by atoms with Gasteiger partial charge in [-0.05, 0) is 60.7 Å². The third-order valence-electron chi connectivity index (χ3n) is 6.50. The van der Waals surface area contributed by atoms with Crippen LogP contribution < -0.4 is 27.0 Å². The molecule has 0 saturated heterocycles. The van der Waals surface area contributed by atoms with E-state index in [1.807, 2.05) is 68.4 Å². The zero-order chi connectivity index (χ0) is 30.6. The van der Waals surface area contributed by atoms with Crippen molar-refractivity contribution in [2.75, 3.05) is 5.73 Å². The second-order valence-electron chi connectivity index (χ2n) is 10.6. The molecule has 0 bridgehead atoms. The number of benzene rings is 3. The third kappa shape index (κ3) is 10.3. The minimum absolute atomic E-state index is 0.0659. The summed E-state index contributed by atoms with van der Waals surface area (Å²) in [6, 6.07) is 20.6. The number of nitrogens with one attached hydrogen (secondary N) is 4. The Hall–Kier alpha value is -4.18. The Morgan fingerprint density at radius 2 is 1.40 bits per heavy atom. The quantitative estimate of drug-likeness (QED) is 0.182. The van der Waals surface area contributed by atoms with Gasteiger partial charge in [-0.15, -0.1) is 0 Å². The van der Waals surface area contributed by atoms with E-state index in [0.717, 1.165) is 15.6 Å². The summed E-state index contributed by atoms with van der Waals surface area (Å²) >= 11 is 3.41. The summed E-state index contributed by atoms with van der Waals surface area (Å²) in [4.78, 5) is 52.6. The summed E-state index contributed by atoms with van der Waals surface area (Å²) in [5.41, 5.74) is 8.33. The van der Waals surface area contributed by atoms with Crippen LogP contribution in [-0.4, -0.2) is 41.8 Å². The Balaban J connectivity index is 1.70. The number of hydrogen-bond acceptors (Lipinski definition) is 5. The van der Waals surface area contributed by atoms with Crippen LogP contribution in [0.15, 0.2) is 83.3 Å². The Labute approximate surface area is 255 Å². The number of hydrogen-bond donors (Lipinski definition) is 5. The first-order chi connectivity index (χ1) is 20.0. The first kappa shape index (κ1) is 32.3. The Bertz CT molecular complexity index is 1380. The number of rotatable bonds is 13. The molecule has 3 aromatic carbocycles. The molecule has 0 saturated carbocycles. The minimum atomic E-state index is -0.963. The predicted molar refractivity (Wildman–Crippen MR) is 167 cm³/mol. The molecular weight excluding hydrogens is 598 g/mol. The van der Waals surface area contributed by atoms with Gasteiger partial charge in [-0.1, -0.05) is 78.3 Å². The van der Waals surface area contributed by atoms with Gasteiger partial charge in [-0.3, -0.25) is 19.2 Å². The first-order valence-corrected chi connectivity index (χ1v) is 14.6. The highest BCUT2D eigenvalue weighted by Crippen LogP contribution is 2.12. The number of anilines is 1. The lowest BCUT2D eigenvalue weighted by atomic mass is 10.0. The van der Waals surface area contributed by atoms with Crippen LogP contribution in [0.1, 0.15) is 48.7 Å². The zero-order valence-corrected chi connectivity index (χ0v) is 25.6. The van der Waals surface area contributed by atoms with Gasteiger partial charge in [0, 0.05) is 28.7 Å². The molecule has 0 aliphatic rings. The molecule has 4 amide bonds. The molecule has 0 unspecified atom stereocenters. The van der Waals surface area contributed by atoms with Crippen molar-refractivity contribution < 1.29 is 19.2 Å². The van der Waals surface area contributed by atoms with Gasteiger partial charge in [0.25, 0.3) is 5.91 Å². The fourth-order valence-electron chi connectivity index (χ4n) is 4.32. The lowest BCUT2D eigenvalue weighted by Crippen LogP contribution is -2.56. The molecule has 10 heteroatoms. The lowest BCUT2D eigenvalue weighted by molar-refractivity contribution is -0.132. The van der Waals surface area contributed by atoms with E-state index in [9.17, 15) is 19.2 Å². The van der Waals surface area contributed by atoms with Crippen molar-refractivity contribution in [2.45, 2.75) is 58.3 Å². The Kier molecular flexibility index (Phi) is 12.1. The van der Waals surface area contributed by atoms with Crippen molar-refractivity contribution in [2.24, 2.45) is 5.92 Å². The van der Waals surface area contributed by atoms with Crippen LogP contribution in [0, 0.1) is 5.92 Å². The Morgan fingerprint density at radius 1 is 0.738 bits per heavy atom. The van der Waals surface area contributed by atoms with E-state index in [4.69, 9.17) is 5.73 Å². The molecular formula is C32H38BrN5O4. The smallest absolute Gasteiger partial charge is 0.252 e. The minimum Gasteiger partial charge on any atom is -0.399 e. The average Bonchev–Trinajstić information content (AvgIpc) is 2.95. The molecule has 0 fully saturated rings. The molecule has 0 heterocycles. The lowest BCUT2D eigenvalue weighted by Gasteiger charge is -2.25. The van der Waals surface area contributed by atoms with Crippen molar-refractivity contribution in [1.29, 1.82) is 0 Å². The number of carbonyl (C=O) groups excluding carboxylic acids is 4. The summed E-state index contributed by atoms with van der Waals surface area (Å²) < 4.78 is 0.900. The molecule has 3 aromatic rings. The van der Waals surface area contributed by atoms with Crippen LogP contribution in [0.25, 0.3) is 0 Å². The third-order valence-corrected chi connectivity index (χ3v) is 6.99. The second-order valence-corrected chi connectivity index (χ2v) is 11.5. The van der Waals surface area contributed by atoms with Gasteiger partial charge in [0.15, 0.2) is 0 Å². The topological polar surface area (TPSA) is 142 Å². The maximum atomic E-state index is 13.6. The number of amides is 4. The van der Waals surface area contributed by atoms with Gasteiger partial charge in [0.05, 0.1) is 0 Å². The van der Waals surface area contributed by atoms with Crippen LogP contribution in [0.5, 0.6) is 0 Å². The summed E-state index contributed by atoms with van der Waals surface area (Å²) in [6.07, 6.45) is 0.552. The van der Waals surface area contributed by atoms with E-state index in [2.05, 4.69) is 37.2 Å². The summed E-state index contributed by atoms with van der Waals surface area (Å²) in [6.45, 7) is 5.76. The van der Waals surface area contributed by atoms with E-state index in [-0.39, 0.29) is 18.2 Å². The van der Waals surface area contributed by atoms with Gasteiger partial charge < -0.3 is 27.0 Å². The highest BCUT2D eigenvalue weighted by atomic mass is 79.9. The van der Waals surface area contributed by atoms with Gasteiger partial charge in [-0.25, -0.2) is 0 Å². The second kappa shape index (κ2) is 15.7. The number of nitrogens with two attached hydrogens (primary N) is 1. The first-order valence-electron chi connectivity index (χ1n) is 13.8. The predicted octanol–water partition coefficient (Wildman–Crippen LogP) is 3.72. The van der Waals surface area contributed by atoms with Crippen molar-refractivity contribution in [3.8, 4) is 0 Å². The van der Waals surface area contributed by atoms with Crippen LogP contribution in [-0.2, 0) is 27.3 Å². The fourth-order valence-corrected chi connectivity index (χ4v) is 4.77. The van der Waals surface area contributed by atoms with Crippen molar-refractivity contribution >= 4 is 45.2 Å². The number of carbonyl (C=O) groups is 4. The molecule has 0 radical (unpaired) electrons. The van der Waals surface area contributed by atoms with E-state index in [1.54, 1.807) is 25.1 Å². The van der Waals surface area contributed by atoms with Crippen LogP contribution in [0.2, 0.25) is 0 Å². The maximum Gasteiger partial charge on any atom is 0.252 e. The van der Waals surface area contributed by atoms with E-state index >= 15 is 0 Å². The molecule has 3 rings (SSSR count). The molecule has 0 aromatic heterocycles. The van der Waals surface area contributed by atoms with Gasteiger partial charge in [0.1, 0.15) is 18.1 Å². The SMILES string of the molecule is CC(C)C[C@H](NC(=O)[C@H](Cc1ccccc1)NC(=O)c1cccc(N)c1)C(=O)N[C@@H](C)C(=O)NCc1cccc(Br)c1. The van der Waals surface area contributed by atoms with Gasteiger partial charge in [0.2, 0.25) is 17.7 Å². The average molecular weight is 637 g/mol. The molecule has 0 aliphatic heterocycles. The molecule has 0 aliphatic carbocycles. The zero-order valence-electron chi connectivity index (χ0n) is 24.0. The van der Waals surface area contributed by atoms with E-state index in [0.29, 0.717) is 24.2 Å². The summed E-state index contributed by atoms with van der Waals surface area (Å²) in [5.74, 6) is -1.74. The van der Waals surface area contributed by atoms with Crippen LogP contribution in [0.3, 0.4) is 0 Å². The van der Waals surface area contributed by atoms with E-state index < -0.39 is 35.8 Å². The molecule has 9 nitrogen and oxygen atoms in total. The molecule has 6 N–H and O–H groups in total.